The van der Waals surface area contributed by atoms with E-state index in [2.05, 4.69) is 167 Å². The van der Waals surface area contributed by atoms with Gasteiger partial charge in [0.05, 0.1) is 33.3 Å². The van der Waals surface area contributed by atoms with Gasteiger partial charge in [-0.3, -0.25) is 0 Å². The van der Waals surface area contributed by atoms with Crippen molar-refractivity contribution >= 4 is 81.4 Å². The van der Waals surface area contributed by atoms with Gasteiger partial charge in [-0.2, -0.15) is 0 Å². The van der Waals surface area contributed by atoms with Crippen molar-refractivity contribution in [1.82, 2.24) is 8.97 Å². The summed E-state index contributed by atoms with van der Waals surface area (Å²) in [6.45, 7) is 0. The van der Waals surface area contributed by atoms with Crippen LogP contribution < -0.4 is 0 Å². The normalized spacial score (nSPS) is 12.3. The lowest BCUT2D eigenvalue weighted by atomic mass is 9.93. The summed E-state index contributed by atoms with van der Waals surface area (Å²) < 4.78 is 4.98. The zero-order chi connectivity index (χ0) is 29.9. The summed E-state index contributed by atoms with van der Waals surface area (Å²) in [7, 11) is 0. The molecule has 3 aromatic heterocycles. The van der Waals surface area contributed by atoms with E-state index in [-0.39, 0.29) is 0 Å². The molecule has 0 amide bonds. The maximum absolute atomic E-state index is 2.50. The van der Waals surface area contributed by atoms with E-state index in [0.717, 1.165) is 0 Å². The molecule has 2 nitrogen and oxygen atoms in total. The Labute approximate surface area is 264 Å². The molecule has 0 radical (unpaired) electrons. The number of fused-ring (bicyclic) bond motifs is 12. The van der Waals surface area contributed by atoms with Gasteiger partial charge in [0.25, 0.3) is 0 Å². The van der Waals surface area contributed by atoms with Crippen LogP contribution in [-0.4, -0.2) is 8.97 Å². The lowest BCUT2D eigenvalue weighted by Crippen LogP contribution is -1.95. The highest BCUT2D eigenvalue weighted by molar-refractivity contribution is 6.25. The molecular weight excluding hydrogens is 556 g/mol. The summed E-state index contributed by atoms with van der Waals surface area (Å²) in [5.41, 5.74) is 9.95. The zero-order valence-electron chi connectivity index (χ0n) is 24.9. The second-order valence-corrected chi connectivity index (χ2v) is 12.5. The number of aromatic nitrogens is 2. The lowest BCUT2D eigenvalue weighted by molar-refractivity contribution is 1.20. The number of hydrogen-bond donors (Lipinski definition) is 0. The van der Waals surface area contributed by atoms with Crippen LogP contribution in [0.3, 0.4) is 0 Å². The molecule has 11 aromatic rings. The first-order chi connectivity index (χ1) is 22.8. The van der Waals surface area contributed by atoms with Crippen molar-refractivity contribution in [1.29, 1.82) is 0 Å². The van der Waals surface area contributed by atoms with E-state index in [1.54, 1.807) is 0 Å². The van der Waals surface area contributed by atoms with Crippen LogP contribution in [0.2, 0.25) is 0 Å². The summed E-state index contributed by atoms with van der Waals surface area (Å²) in [4.78, 5) is 0. The topological polar surface area (TPSA) is 9.34 Å². The fourth-order valence-corrected chi connectivity index (χ4v) is 8.34. The molecule has 8 aromatic carbocycles. The number of nitrogens with zero attached hydrogens (tertiary/aromatic N) is 2. The van der Waals surface area contributed by atoms with Gasteiger partial charge in [-0.15, -0.1) is 0 Å². The van der Waals surface area contributed by atoms with Gasteiger partial charge in [-0.25, -0.2) is 0 Å². The maximum Gasteiger partial charge on any atom is 0.0621 e. The van der Waals surface area contributed by atoms with Gasteiger partial charge in [0, 0.05) is 32.3 Å². The van der Waals surface area contributed by atoms with Crippen molar-refractivity contribution in [2.75, 3.05) is 0 Å². The Kier molecular flexibility index (Phi) is 4.61. The number of benzene rings is 8. The summed E-state index contributed by atoms with van der Waals surface area (Å²) in [5, 5.41) is 12.9. The molecule has 0 aliphatic rings. The average Bonchev–Trinajstić information content (AvgIpc) is 3.76. The Morgan fingerprint density at radius 2 is 0.957 bits per heavy atom. The molecule has 0 spiro atoms. The van der Waals surface area contributed by atoms with Gasteiger partial charge in [0.2, 0.25) is 0 Å². The molecule has 0 aliphatic heterocycles. The van der Waals surface area contributed by atoms with E-state index >= 15 is 0 Å². The molecule has 46 heavy (non-hydrogen) atoms. The average molecular weight is 583 g/mol. The van der Waals surface area contributed by atoms with Gasteiger partial charge in [0.15, 0.2) is 0 Å². The molecule has 0 N–H and O–H groups in total. The van der Waals surface area contributed by atoms with E-state index in [4.69, 9.17) is 0 Å². The molecule has 0 aliphatic carbocycles. The fourth-order valence-electron chi connectivity index (χ4n) is 8.34. The molecule has 0 unspecified atom stereocenters. The Bertz CT molecular complexity index is 3030. The first-order valence-electron chi connectivity index (χ1n) is 16.0. The van der Waals surface area contributed by atoms with Crippen molar-refractivity contribution in [2.24, 2.45) is 0 Å². The lowest BCUT2D eigenvalue weighted by Gasteiger charge is -2.13. The van der Waals surface area contributed by atoms with Crippen molar-refractivity contribution < 1.29 is 0 Å². The van der Waals surface area contributed by atoms with Crippen LogP contribution in [0.25, 0.3) is 98.3 Å². The fraction of sp³-hybridized carbons (Fsp3) is 0. The predicted octanol–water partition coefficient (Wildman–Crippen LogP) is 11.9. The third kappa shape index (κ3) is 3.01. The standard InChI is InChI=1S/C44H26N2/c1-2-12-29-27(11-1)25-37(31-14-4-3-13-30(29)31)28-23-24-34-32-15-5-7-19-38(32)45(42(34)26-28)40-21-10-22-41-43(40)36-18-9-17-35-33-16-6-8-20-39(33)46(41)44(35)36/h1-26H. The molecule has 0 atom stereocenters. The van der Waals surface area contributed by atoms with Crippen molar-refractivity contribution in [3.8, 4) is 16.8 Å². The third-order valence-electron chi connectivity index (χ3n) is 10.2. The number of hydrogen-bond acceptors (Lipinski definition) is 0. The molecule has 0 saturated heterocycles. The van der Waals surface area contributed by atoms with Crippen molar-refractivity contribution in [3.05, 3.63) is 158 Å². The molecule has 3 heterocycles. The zero-order valence-corrected chi connectivity index (χ0v) is 24.9. The van der Waals surface area contributed by atoms with Gasteiger partial charge >= 0.3 is 0 Å². The first-order valence-corrected chi connectivity index (χ1v) is 16.0. The predicted molar refractivity (Wildman–Crippen MR) is 196 cm³/mol. The van der Waals surface area contributed by atoms with Gasteiger partial charge in [0.1, 0.15) is 0 Å². The van der Waals surface area contributed by atoms with Crippen LogP contribution in [0.5, 0.6) is 0 Å². The third-order valence-corrected chi connectivity index (χ3v) is 10.2. The van der Waals surface area contributed by atoms with Crippen LogP contribution in [0.15, 0.2) is 158 Å². The minimum absolute atomic E-state index is 1.21. The quantitative estimate of drug-likeness (QED) is 0.179. The van der Waals surface area contributed by atoms with Crippen LogP contribution in [0.4, 0.5) is 0 Å². The molecule has 0 saturated carbocycles. The number of para-hydroxylation sites is 3. The van der Waals surface area contributed by atoms with Crippen LogP contribution in [0.1, 0.15) is 0 Å². The minimum Gasteiger partial charge on any atom is -0.309 e. The molecule has 0 bridgehead atoms. The van der Waals surface area contributed by atoms with E-state index in [1.807, 2.05) is 0 Å². The smallest absolute Gasteiger partial charge is 0.0621 e. The molecular formula is C44H26N2. The Hall–Kier alpha value is -6.12. The van der Waals surface area contributed by atoms with E-state index < -0.39 is 0 Å². The highest BCUT2D eigenvalue weighted by Crippen LogP contribution is 2.44. The monoisotopic (exact) mass is 582 g/mol. The van der Waals surface area contributed by atoms with E-state index in [9.17, 15) is 0 Å². The molecule has 212 valence electrons. The second-order valence-electron chi connectivity index (χ2n) is 12.5. The van der Waals surface area contributed by atoms with Crippen LogP contribution >= 0.6 is 0 Å². The Morgan fingerprint density at radius 1 is 0.348 bits per heavy atom. The first kappa shape index (κ1) is 24.2. The van der Waals surface area contributed by atoms with E-state index in [0.29, 0.717) is 0 Å². The highest BCUT2D eigenvalue weighted by Gasteiger charge is 2.22. The summed E-state index contributed by atoms with van der Waals surface area (Å²) in [5.74, 6) is 0. The summed E-state index contributed by atoms with van der Waals surface area (Å²) in [6.07, 6.45) is 0. The molecule has 0 fully saturated rings. The SMILES string of the molecule is c1ccc2c(c1)cc(-c1ccc3c4ccccc4n(-c4cccc5c4c4cccc6c7ccccc7n5c64)c3c1)c1ccccc12. The summed E-state index contributed by atoms with van der Waals surface area (Å²) >= 11 is 0. The Morgan fingerprint density at radius 3 is 1.83 bits per heavy atom. The second kappa shape index (κ2) is 8.74. The van der Waals surface area contributed by atoms with Crippen LogP contribution in [0, 0.1) is 0 Å². The van der Waals surface area contributed by atoms with Gasteiger partial charge in [-0.1, -0.05) is 121 Å². The van der Waals surface area contributed by atoms with Gasteiger partial charge in [-0.05, 0) is 69.1 Å². The largest absolute Gasteiger partial charge is 0.309 e. The minimum atomic E-state index is 1.21. The molecule has 11 rings (SSSR count). The highest BCUT2D eigenvalue weighted by atomic mass is 15.0. The van der Waals surface area contributed by atoms with Gasteiger partial charge < -0.3 is 8.97 Å². The van der Waals surface area contributed by atoms with Crippen molar-refractivity contribution in [2.45, 2.75) is 0 Å². The number of rotatable bonds is 2. The van der Waals surface area contributed by atoms with E-state index in [1.165, 1.54) is 98.3 Å². The van der Waals surface area contributed by atoms with Crippen LogP contribution in [-0.2, 0) is 0 Å². The molecule has 2 heteroatoms. The Balaban J connectivity index is 1.28. The summed E-state index contributed by atoms with van der Waals surface area (Å²) in [6, 6.07) is 58.2. The van der Waals surface area contributed by atoms with Crippen molar-refractivity contribution in [3.63, 3.8) is 0 Å². The maximum atomic E-state index is 2.50.